The molecular formula is C13H10F6N2. The van der Waals surface area contributed by atoms with Crippen molar-refractivity contribution in [2.45, 2.75) is 32.6 Å². The highest BCUT2D eigenvalue weighted by atomic mass is 19.4. The number of nitrogens with zero attached hydrogens (tertiary/aromatic N) is 2. The summed E-state index contributed by atoms with van der Waals surface area (Å²) >= 11 is 0. The van der Waals surface area contributed by atoms with E-state index in [0.29, 0.717) is 0 Å². The third kappa shape index (κ3) is 4.67. The van der Waals surface area contributed by atoms with Crippen LogP contribution in [0.25, 0.3) is 0 Å². The lowest BCUT2D eigenvalue weighted by molar-refractivity contribution is -0.142. The lowest BCUT2D eigenvalue weighted by Crippen LogP contribution is -2.15. The standard InChI is InChI=1S/C11H4F6N2.C2H6/c12-10(13,14)8-4-7(5-19)9(11(15,16)17)3-6(8)1-2-18;1-2/h3-4H,1H2;1-2H3. The molecule has 0 heterocycles. The molecule has 0 bridgehead atoms. The maximum absolute atomic E-state index is 12.6. The van der Waals surface area contributed by atoms with Crippen LogP contribution in [0.2, 0.25) is 0 Å². The number of hydrogen-bond donors (Lipinski definition) is 0. The molecule has 0 unspecified atom stereocenters. The number of alkyl halides is 6. The fourth-order valence-corrected chi connectivity index (χ4v) is 1.47. The fraction of sp³-hybridized carbons (Fsp3) is 0.385. The van der Waals surface area contributed by atoms with Crippen LogP contribution in [0.1, 0.15) is 36.1 Å². The SMILES string of the molecule is CC.N#CCc1cc(C(F)(F)F)c(C#N)cc1C(F)(F)F. The molecule has 0 aromatic heterocycles. The van der Waals surface area contributed by atoms with E-state index < -0.39 is 41.0 Å². The molecule has 21 heavy (non-hydrogen) atoms. The van der Waals surface area contributed by atoms with Gasteiger partial charge in [0.1, 0.15) is 0 Å². The van der Waals surface area contributed by atoms with E-state index >= 15 is 0 Å². The van der Waals surface area contributed by atoms with Crippen molar-refractivity contribution in [3.8, 4) is 12.1 Å². The molecule has 0 aliphatic carbocycles. The highest BCUT2D eigenvalue weighted by Gasteiger charge is 2.39. The maximum Gasteiger partial charge on any atom is 0.417 e. The average molecular weight is 308 g/mol. The van der Waals surface area contributed by atoms with Gasteiger partial charge in [-0.1, -0.05) is 13.8 Å². The van der Waals surface area contributed by atoms with E-state index in [0.717, 1.165) is 6.07 Å². The molecule has 0 spiro atoms. The summed E-state index contributed by atoms with van der Waals surface area (Å²) in [4.78, 5) is 0. The number of nitriles is 2. The van der Waals surface area contributed by atoms with Gasteiger partial charge in [0.15, 0.2) is 0 Å². The average Bonchev–Trinajstić information content (AvgIpc) is 2.38. The predicted octanol–water partition coefficient (Wildman–Crippen LogP) is 4.69. The third-order valence-corrected chi connectivity index (χ3v) is 2.24. The van der Waals surface area contributed by atoms with Crippen LogP contribution in [0, 0.1) is 22.7 Å². The second-order valence-corrected chi connectivity index (χ2v) is 3.50. The Balaban J connectivity index is 0.00000191. The molecular weight excluding hydrogens is 298 g/mol. The minimum absolute atomic E-state index is 0.121. The topological polar surface area (TPSA) is 47.6 Å². The molecule has 8 heteroatoms. The van der Waals surface area contributed by atoms with E-state index in [1.165, 1.54) is 6.07 Å². The lowest BCUT2D eigenvalue weighted by Gasteiger charge is -2.15. The molecule has 0 fully saturated rings. The Labute approximate surface area is 117 Å². The van der Waals surface area contributed by atoms with E-state index in [1.54, 1.807) is 0 Å². The monoisotopic (exact) mass is 308 g/mol. The molecule has 0 atom stereocenters. The van der Waals surface area contributed by atoms with Crippen LogP contribution >= 0.6 is 0 Å². The Bertz CT molecular complexity index is 573. The van der Waals surface area contributed by atoms with Crippen molar-refractivity contribution in [2.24, 2.45) is 0 Å². The number of rotatable bonds is 1. The summed E-state index contributed by atoms with van der Waals surface area (Å²) in [7, 11) is 0. The fourth-order valence-electron chi connectivity index (χ4n) is 1.47. The van der Waals surface area contributed by atoms with E-state index in [1.807, 2.05) is 13.8 Å². The van der Waals surface area contributed by atoms with Gasteiger partial charge in [0.25, 0.3) is 0 Å². The molecule has 0 aliphatic rings. The van der Waals surface area contributed by atoms with Crippen LogP contribution in [0.5, 0.6) is 0 Å². The van der Waals surface area contributed by atoms with Crippen LogP contribution in [0.15, 0.2) is 12.1 Å². The second kappa shape index (κ2) is 6.98. The van der Waals surface area contributed by atoms with E-state index in [2.05, 4.69) is 0 Å². The number of halogens is 6. The minimum atomic E-state index is -4.96. The van der Waals surface area contributed by atoms with Crippen molar-refractivity contribution in [3.63, 3.8) is 0 Å². The van der Waals surface area contributed by atoms with E-state index in [9.17, 15) is 26.3 Å². The van der Waals surface area contributed by atoms with Gasteiger partial charge in [-0.3, -0.25) is 0 Å². The molecule has 0 saturated carbocycles. The van der Waals surface area contributed by atoms with Gasteiger partial charge < -0.3 is 0 Å². The molecule has 0 radical (unpaired) electrons. The van der Waals surface area contributed by atoms with Crippen LogP contribution < -0.4 is 0 Å². The van der Waals surface area contributed by atoms with Gasteiger partial charge in [-0.25, -0.2) is 0 Å². The van der Waals surface area contributed by atoms with Crippen LogP contribution in [-0.4, -0.2) is 0 Å². The zero-order valence-electron chi connectivity index (χ0n) is 11.0. The zero-order chi connectivity index (χ0) is 16.8. The maximum atomic E-state index is 12.6. The molecule has 1 aromatic rings. The first-order chi connectivity index (χ1) is 9.61. The van der Waals surface area contributed by atoms with Gasteiger partial charge in [-0.05, 0) is 17.7 Å². The summed E-state index contributed by atoms with van der Waals surface area (Å²) in [6.45, 7) is 4.00. The lowest BCUT2D eigenvalue weighted by atomic mass is 9.96. The molecule has 1 aromatic carbocycles. The predicted molar refractivity (Wildman–Crippen MR) is 61.8 cm³/mol. The largest absolute Gasteiger partial charge is 0.417 e. The summed E-state index contributed by atoms with van der Waals surface area (Å²) in [5, 5.41) is 16.9. The van der Waals surface area contributed by atoms with Crippen molar-refractivity contribution in [1.82, 2.24) is 0 Å². The number of hydrogen-bond acceptors (Lipinski definition) is 2. The first-order valence-electron chi connectivity index (χ1n) is 5.69. The minimum Gasteiger partial charge on any atom is -0.198 e. The number of benzene rings is 1. The normalized spacial score (nSPS) is 11.0. The Morgan fingerprint density at radius 2 is 1.38 bits per heavy atom. The van der Waals surface area contributed by atoms with Gasteiger partial charge in [-0.2, -0.15) is 36.9 Å². The quantitative estimate of drug-likeness (QED) is 0.707. The molecule has 0 aliphatic heterocycles. The summed E-state index contributed by atoms with van der Waals surface area (Å²) in [5.74, 6) is 0. The Hall–Kier alpha value is -2.22. The summed E-state index contributed by atoms with van der Waals surface area (Å²) in [6.07, 6.45) is -10.7. The summed E-state index contributed by atoms with van der Waals surface area (Å²) < 4.78 is 75.6. The molecule has 0 saturated heterocycles. The first-order valence-corrected chi connectivity index (χ1v) is 5.69. The van der Waals surface area contributed by atoms with E-state index in [-0.39, 0.29) is 12.1 Å². The molecule has 0 N–H and O–H groups in total. The second-order valence-electron chi connectivity index (χ2n) is 3.50. The Morgan fingerprint density at radius 1 is 0.905 bits per heavy atom. The van der Waals surface area contributed by atoms with E-state index in [4.69, 9.17) is 10.5 Å². The van der Waals surface area contributed by atoms with Crippen LogP contribution in [0.4, 0.5) is 26.3 Å². The van der Waals surface area contributed by atoms with Crippen molar-refractivity contribution in [3.05, 3.63) is 34.4 Å². The summed E-state index contributed by atoms with van der Waals surface area (Å²) in [5.41, 5.74) is -4.81. The van der Waals surface area contributed by atoms with Gasteiger partial charge in [-0.15, -0.1) is 0 Å². The van der Waals surface area contributed by atoms with Gasteiger partial charge in [0, 0.05) is 0 Å². The van der Waals surface area contributed by atoms with Crippen molar-refractivity contribution in [2.75, 3.05) is 0 Å². The third-order valence-electron chi connectivity index (χ3n) is 2.24. The highest BCUT2D eigenvalue weighted by molar-refractivity contribution is 5.48. The molecule has 1 rings (SSSR count). The van der Waals surface area contributed by atoms with Crippen molar-refractivity contribution >= 4 is 0 Å². The Morgan fingerprint density at radius 3 is 1.71 bits per heavy atom. The molecule has 0 amide bonds. The van der Waals surface area contributed by atoms with Crippen LogP contribution in [0.3, 0.4) is 0 Å². The Kier molecular flexibility index (Phi) is 6.24. The first kappa shape index (κ1) is 18.8. The molecule has 2 nitrogen and oxygen atoms in total. The summed E-state index contributed by atoms with van der Waals surface area (Å²) in [6, 6.07) is 2.76. The molecule has 114 valence electrons. The van der Waals surface area contributed by atoms with Gasteiger partial charge in [0.2, 0.25) is 0 Å². The van der Waals surface area contributed by atoms with Gasteiger partial charge in [0.05, 0.1) is 35.2 Å². The smallest absolute Gasteiger partial charge is 0.198 e. The van der Waals surface area contributed by atoms with Crippen LogP contribution in [-0.2, 0) is 18.8 Å². The highest BCUT2D eigenvalue weighted by Crippen LogP contribution is 2.38. The van der Waals surface area contributed by atoms with Gasteiger partial charge >= 0.3 is 12.4 Å². The van der Waals surface area contributed by atoms with Crippen molar-refractivity contribution in [1.29, 1.82) is 10.5 Å². The zero-order valence-corrected chi connectivity index (χ0v) is 11.0. The van der Waals surface area contributed by atoms with Crippen molar-refractivity contribution < 1.29 is 26.3 Å².